The Bertz CT molecular complexity index is 1250. The highest BCUT2D eigenvalue weighted by Crippen LogP contribution is 2.20. The molecule has 0 saturated carbocycles. The molecule has 2 atom stereocenters. The minimum Gasteiger partial charge on any atom is -0.445 e. The molecule has 0 spiro atoms. The van der Waals surface area contributed by atoms with E-state index in [1.54, 1.807) is 0 Å². The lowest BCUT2D eigenvalue weighted by Gasteiger charge is -2.21. The first-order valence-corrected chi connectivity index (χ1v) is 11.4. The maximum atomic E-state index is 13.2. The lowest BCUT2D eigenvalue weighted by Crippen LogP contribution is -2.48. The predicted octanol–water partition coefficient (Wildman–Crippen LogP) is 5.19. The largest absolute Gasteiger partial charge is 0.445 e. The van der Waals surface area contributed by atoms with Gasteiger partial charge >= 0.3 is 6.09 Å². The lowest BCUT2D eigenvalue weighted by molar-refractivity contribution is -0.123. The van der Waals surface area contributed by atoms with E-state index in [0.29, 0.717) is 6.42 Å². The van der Waals surface area contributed by atoms with Crippen LogP contribution in [-0.2, 0) is 22.6 Å². The number of rotatable bonds is 8. The first-order chi connectivity index (χ1) is 16.5. The molecule has 0 aliphatic rings. The number of ether oxygens (including phenoxy) is 1. The zero-order valence-electron chi connectivity index (χ0n) is 19.4. The number of amides is 2. The van der Waals surface area contributed by atoms with Gasteiger partial charge in [-0.3, -0.25) is 4.79 Å². The van der Waals surface area contributed by atoms with Crippen LogP contribution in [0.5, 0.6) is 0 Å². The lowest BCUT2D eigenvalue weighted by atomic mass is 10.0. The van der Waals surface area contributed by atoms with Crippen LogP contribution < -0.4 is 10.6 Å². The molecule has 6 heteroatoms. The maximum Gasteiger partial charge on any atom is 0.408 e. The second kappa shape index (κ2) is 10.7. The Labute approximate surface area is 199 Å². The van der Waals surface area contributed by atoms with E-state index in [1.165, 1.54) is 0 Å². The number of benzene rings is 3. The summed E-state index contributed by atoms with van der Waals surface area (Å²) >= 11 is 0. The Kier molecular flexibility index (Phi) is 7.28. The molecule has 0 unspecified atom stereocenters. The molecular formula is C28H29N3O3. The van der Waals surface area contributed by atoms with Gasteiger partial charge in [0.05, 0.1) is 6.04 Å². The Morgan fingerprint density at radius 3 is 2.38 bits per heavy atom. The highest BCUT2D eigenvalue weighted by Gasteiger charge is 2.25. The number of aromatic nitrogens is 1. The molecule has 1 heterocycles. The Morgan fingerprint density at radius 1 is 0.912 bits per heavy atom. The fourth-order valence-electron chi connectivity index (χ4n) is 3.89. The van der Waals surface area contributed by atoms with Gasteiger partial charge < -0.3 is 20.4 Å². The summed E-state index contributed by atoms with van der Waals surface area (Å²) in [6.45, 7) is 4.06. The standard InChI is InChI=1S/C28H29N3O3/c1-19-12-14-21(15-13-19)18-34-28(33)31-26(16-23-17-29-25-11-7-6-10-24(23)25)27(32)30-20(2)22-8-4-3-5-9-22/h3-15,17,20,26,29H,16,18H2,1-2H3,(H,30,32)(H,31,33)/t20-,26+/m0/s1. The third-order valence-electron chi connectivity index (χ3n) is 5.86. The van der Waals surface area contributed by atoms with E-state index in [2.05, 4.69) is 15.6 Å². The molecule has 0 radical (unpaired) electrons. The van der Waals surface area contributed by atoms with E-state index in [1.807, 2.05) is 98.9 Å². The monoisotopic (exact) mass is 455 g/mol. The molecule has 3 aromatic carbocycles. The van der Waals surface area contributed by atoms with E-state index >= 15 is 0 Å². The van der Waals surface area contributed by atoms with Crippen LogP contribution in [0.4, 0.5) is 4.79 Å². The Morgan fingerprint density at radius 2 is 1.62 bits per heavy atom. The van der Waals surface area contributed by atoms with Gasteiger partial charge in [0.15, 0.2) is 0 Å². The summed E-state index contributed by atoms with van der Waals surface area (Å²) in [4.78, 5) is 29.1. The van der Waals surface area contributed by atoms with Gasteiger partial charge in [0.1, 0.15) is 12.6 Å². The molecule has 3 N–H and O–H groups in total. The number of carbonyl (C=O) groups excluding carboxylic acids is 2. The predicted molar refractivity (Wildman–Crippen MR) is 133 cm³/mol. The minimum absolute atomic E-state index is 0.133. The number of aromatic amines is 1. The van der Waals surface area contributed by atoms with Crippen LogP contribution in [-0.4, -0.2) is 23.0 Å². The summed E-state index contributed by atoms with van der Waals surface area (Å²) in [5, 5.41) is 6.81. The zero-order valence-corrected chi connectivity index (χ0v) is 19.4. The second-order valence-corrected chi connectivity index (χ2v) is 8.46. The highest BCUT2D eigenvalue weighted by atomic mass is 16.5. The van der Waals surface area contributed by atoms with Crippen LogP contribution in [0.1, 0.15) is 35.2 Å². The fraction of sp³-hybridized carbons (Fsp3) is 0.214. The minimum atomic E-state index is -0.795. The van der Waals surface area contributed by atoms with Crippen LogP contribution in [0, 0.1) is 6.92 Å². The summed E-state index contributed by atoms with van der Waals surface area (Å²) in [7, 11) is 0. The second-order valence-electron chi connectivity index (χ2n) is 8.46. The van der Waals surface area contributed by atoms with Crippen molar-refractivity contribution < 1.29 is 14.3 Å². The van der Waals surface area contributed by atoms with Crippen molar-refractivity contribution in [3.63, 3.8) is 0 Å². The summed E-state index contributed by atoms with van der Waals surface area (Å²) in [5.41, 5.74) is 4.94. The fourth-order valence-corrected chi connectivity index (χ4v) is 3.89. The number of alkyl carbamates (subject to hydrolysis) is 1. The SMILES string of the molecule is Cc1ccc(COC(=O)N[C@H](Cc2c[nH]c3ccccc23)C(=O)N[C@@H](C)c2ccccc2)cc1. The third kappa shape index (κ3) is 5.84. The molecule has 0 aliphatic carbocycles. The summed E-state index contributed by atoms with van der Waals surface area (Å²) in [6, 6.07) is 24.4. The maximum absolute atomic E-state index is 13.2. The van der Waals surface area contributed by atoms with Crippen molar-refractivity contribution in [3.05, 3.63) is 107 Å². The molecule has 4 rings (SSSR count). The highest BCUT2D eigenvalue weighted by molar-refractivity contribution is 5.88. The normalized spacial score (nSPS) is 12.6. The summed E-state index contributed by atoms with van der Waals surface area (Å²) in [5.74, 6) is -0.270. The van der Waals surface area contributed by atoms with Crippen LogP contribution >= 0.6 is 0 Å². The molecule has 2 amide bonds. The molecule has 174 valence electrons. The first-order valence-electron chi connectivity index (χ1n) is 11.4. The number of carbonyl (C=O) groups is 2. The Balaban J connectivity index is 1.47. The first kappa shape index (κ1) is 23.1. The quantitative estimate of drug-likeness (QED) is 0.342. The molecule has 0 aliphatic heterocycles. The van der Waals surface area contributed by atoms with Gasteiger partial charge in [0, 0.05) is 23.5 Å². The van der Waals surface area contributed by atoms with Crippen molar-refractivity contribution in [1.82, 2.24) is 15.6 Å². The van der Waals surface area contributed by atoms with Crippen molar-refractivity contribution in [1.29, 1.82) is 0 Å². The molecule has 0 bridgehead atoms. The van der Waals surface area contributed by atoms with E-state index < -0.39 is 12.1 Å². The topological polar surface area (TPSA) is 83.2 Å². The molecule has 6 nitrogen and oxygen atoms in total. The number of hydrogen-bond donors (Lipinski definition) is 3. The third-order valence-corrected chi connectivity index (χ3v) is 5.86. The van der Waals surface area contributed by atoms with Crippen LogP contribution in [0.25, 0.3) is 10.9 Å². The van der Waals surface area contributed by atoms with Gasteiger partial charge in [-0.2, -0.15) is 0 Å². The average molecular weight is 456 g/mol. The van der Waals surface area contributed by atoms with Gasteiger partial charge in [-0.05, 0) is 36.6 Å². The number of H-pyrrole nitrogens is 1. The van der Waals surface area contributed by atoms with Crippen LogP contribution in [0.3, 0.4) is 0 Å². The molecule has 4 aromatic rings. The summed E-state index contributed by atoms with van der Waals surface area (Å²) in [6.07, 6.45) is 1.58. The van der Waals surface area contributed by atoms with Gasteiger partial charge in [0.2, 0.25) is 5.91 Å². The molecular weight excluding hydrogens is 426 g/mol. The van der Waals surface area contributed by atoms with E-state index in [4.69, 9.17) is 4.74 Å². The smallest absolute Gasteiger partial charge is 0.408 e. The number of nitrogens with one attached hydrogen (secondary N) is 3. The van der Waals surface area contributed by atoms with Crippen molar-refractivity contribution in [3.8, 4) is 0 Å². The number of hydrogen-bond acceptors (Lipinski definition) is 3. The molecule has 1 aromatic heterocycles. The summed E-state index contributed by atoms with van der Waals surface area (Å²) < 4.78 is 5.41. The van der Waals surface area contributed by atoms with Gasteiger partial charge in [-0.15, -0.1) is 0 Å². The van der Waals surface area contributed by atoms with Crippen molar-refractivity contribution in [2.45, 2.75) is 39.0 Å². The Hall–Kier alpha value is -4.06. The van der Waals surface area contributed by atoms with E-state index in [0.717, 1.165) is 33.2 Å². The van der Waals surface area contributed by atoms with Crippen molar-refractivity contribution in [2.24, 2.45) is 0 Å². The van der Waals surface area contributed by atoms with E-state index in [-0.39, 0.29) is 18.6 Å². The number of fused-ring (bicyclic) bond motifs is 1. The van der Waals surface area contributed by atoms with Crippen LogP contribution in [0.15, 0.2) is 85.1 Å². The van der Waals surface area contributed by atoms with Crippen LogP contribution in [0.2, 0.25) is 0 Å². The zero-order chi connectivity index (χ0) is 23.9. The van der Waals surface area contributed by atoms with Gasteiger partial charge in [-0.25, -0.2) is 4.79 Å². The average Bonchev–Trinajstić information content (AvgIpc) is 3.26. The van der Waals surface area contributed by atoms with Gasteiger partial charge in [-0.1, -0.05) is 78.4 Å². The van der Waals surface area contributed by atoms with Crippen molar-refractivity contribution in [2.75, 3.05) is 0 Å². The molecule has 34 heavy (non-hydrogen) atoms. The van der Waals surface area contributed by atoms with Crippen molar-refractivity contribution >= 4 is 22.9 Å². The number of para-hydroxylation sites is 1. The van der Waals surface area contributed by atoms with E-state index in [9.17, 15) is 9.59 Å². The molecule has 0 saturated heterocycles. The van der Waals surface area contributed by atoms with Gasteiger partial charge in [0.25, 0.3) is 0 Å². The number of aryl methyl sites for hydroxylation is 1. The molecule has 0 fully saturated rings.